The summed E-state index contributed by atoms with van der Waals surface area (Å²) in [6, 6.07) is 0. The number of aliphatic hydroxyl groups is 1. The lowest BCUT2D eigenvalue weighted by Crippen LogP contribution is -2.55. The maximum absolute atomic E-state index is 12.4. The van der Waals surface area contributed by atoms with E-state index in [0.717, 1.165) is 7.05 Å². The van der Waals surface area contributed by atoms with Crippen LogP contribution in [0.25, 0.3) is 0 Å². The van der Waals surface area contributed by atoms with E-state index in [1.807, 2.05) is 0 Å². The van der Waals surface area contributed by atoms with Crippen molar-refractivity contribution in [3.8, 4) is 0 Å². The summed E-state index contributed by atoms with van der Waals surface area (Å²) in [5.74, 6) is -1.84. The first kappa shape index (κ1) is 19.0. The van der Waals surface area contributed by atoms with Gasteiger partial charge in [-0.3, -0.25) is 9.59 Å². The third kappa shape index (κ3) is 4.34. The van der Waals surface area contributed by atoms with Crippen LogP contribution in [-0.2, 0) is 43.9 Å². The Morgan fingerprint density at radius 3 is 2.22 bits per heavy atom. The second kappa shape index (κ2) is 7.48. The van der Waals surface area contributed by atoms with Crippen molar-refractivity contribution in [2.75, 3.05) is 19.8 Å². The average Bonchev–Trinajstić information content (AvgIpc) is 3.55. The Balaban J connectivity index is 1.76. The van der Waals surface area contributed by atoms with Crippen LogP contribution in [0, 0.1) is 5.92 Å². The van der Waals surface area contributed by atoms with Crippen molar-refractivity contribution < 1.29 is 28.9 Å². The summed E-state index contributed by atoms with van der Waals surface area (Å²) < 4.78 is 16.4. The fourth-order valence-electron chi connectivity index (χ4n) is 2.44. The number of aromatic nitrogens is 3. The molecule has 1 saturated heterocycles. The smallest absolute Gasteiger partial charge is 0.337 e. The molecule has 1 aromatic heterocycles. The number of carbonyl (C=O) groups is 2. The quantitative estimate of drug-likeness (QED) is 0.356. The van der Waals surface area contributed by atoms with Crippen LogP contribution in [-0.4, -0.2) is 62.8 Å². The van der Waals surface area contributed by atoms with Crippen molar-refractivity contribution >= 4 is 11.9 Å². The number of epoxide rings is 1. The Bertz CT molecular complexity index is 924. The van der Waals surface area contributed by atoms with Crippen molar-refractivity contribution in [3.63, 3.8) is 0 Å². The Morgan fingerprint density at radius 2 is 1.70 bits per heavy atom. The molecule has 1 aliphatic carbocycles. The summed E-state index contributed by atoms with van der Waals surface area (Å²) in [6.45, 7) is -1.07. The van der Waals surface area contributed by atoms with Gasteiger partial charge in [-0.05, 0) is 6.42 Å². The number of rotatable bonds is 8. The minimum Gasteiger partial charge on any atom is -0.461 e. The largest absolute Gasteiger partial charge is 0.461 e. The zero-order chi connectivity index (χ0) is 19.7. The van der Waals surface area contributed by atoms with Crippen molar-refractivity contribution in [2.45, 2.75) is 31.7 Å². The molecule has 0 radical (unpaired) electrons. The average molecular weight is 385 g/mol. The second-order valence-electron chi connectivity index (χ2n) is 6.42. The van der Waals surface area contributed by atoms with Crippen LogP contribution >= 0.6 is 0 Å². The fraction of sp³-hybridized carbons (Fsp3) is 0.667. The minimum atomic E-state index is -1.12. The lowest BCUT2D eigenvalue weighted by atomic mass is 10.5. The molecule has 1 N–H and O–H groups in total. The molecular weight excluding hydrogens is 366 g/mol. The second-order valence-corrected chi connectivity index (χ2v) is 6.42. The molecule has 12 nitrogen and oxygen atoms in total. The number of carbonyl (C=O) groups excluding carboxylic acids is 2. The first-order valence-corrected chi connectivity index (χ1v) is 8.30. The third-order valence-corrected chi connectivity index (χ3v) is 4.28. The van der Waals surface area contributed by atoms with E-state index in [1.54, 1.807) is 0 Å². The number of aliphatic hydroxyl groups excluding tert-OH is 1. The van der Waals surface area contributed by atoms with E-state index in [1.165, 1.54) is 0 Å². The zero-order valence-electron chi connectivity index (χ0n) is 14.5. The van der Waals surface area contributed by atoms with Crippen molar-refractivity contribution in [1.82, 2.24) is 13.7 Å². The summed E-state index contributed by atoms with van der Waals surface area (Å²) in [4.78, 5) is 60.5. The molecule has 2 aliphatic rings. The summed E-state index contributed by atoms with van der Waals surface area (Å²) in [5, 5.41) is 8.95. The van der Waals surface area contributed by atoms with Crippen LogP contribution < -0.4 is 17.1 Å². The standard InChI is InChI=1S/C15H19N3O9/c1-16-13(22)17(3-11(20)26-7-9-6-25-9)15(24)18(14(16)23)4-12(21)27-10-2-8(10)5-19/h8-10,19H,2-7H2,1H3. The van der Waals surface area contributed by atoms with Gasteiger partial charge in [0.15, 0.2) is 0 Å². The highest BCUT2D eigenvalue weighted by Crippen LogP contribution is 2.32. The molecule has 1 aromatic rings. The van der Waals surface area contributed by atoms with E-state index in [9.17, 15) is 24.0 Å². The van der Waals surface area contributed by atoms with Gasteiger partial charge >= 0.3 is 29.0 Å². The monoisotopic (exact) mass is 385 g/mol. The van der Waals surface area contributed by atoms with Crippen LogP contribution in [0.2, 0.25) is 0 Å². The maximum Gasteiger partial charge on any atom is 0.337 e. The zero-order valence-corrected chi connectivity index (χ0v) is 14.5. The molecule has 0 spiro atoms. The summed E-state index contributed by atoms with van der Waals surface area (Å²) >= 11 is 0. The van der Waals surface area contributed by atoms with E-state index < -0.39 is 48.2 Å². The van der Waals surface area contributed by atoms with Gasteiger partial charge in [0, 0.05) is 19.6 Å². The van der Waals surface area contributed by atoms with Gasteiger partial charge < -0.3 is 19.3 Å². The molecule has 3 unspecified atom stereocenters. The number of hydrogen-bond donors (Lipinski definition) is 1. The van der Waals surface area contributed by atoms with Crippen molar-refractivity contribution in [2.24, 2.45) is 13.0 Å². The predicted octanol–water partition coefficient (Wildman–Crippen LogP) is -3.43. The Labute approximate surface area is 151 Å². The topological polar surface area (TPSA) is 151 Å². The van der Waals surface area contributed by atoms with Crippen LogP contribution in [0.15, 0.2) is 14.4 Å². The third-order valence-electron chi connectivity index (χ3n) is 4.28. The maximum atomic E-state index is 12.4. The lowest BCUT2D eigenvalue weighted by Gasteiger charge is -2.11. The Morgan fingerprint density at radius 1 is 1.11 bits per heavy atom. The van der Waals surface area contributed by atoms with Gasteiger partial charge in [0.05, 0.1) is 6.61 Å². The van der Waals surface area contributed by atoms with Gasteiger partial charge in [-0.1, -0.05) is 0 Å². The molecule has 3 atom stereocenters. The highest BCUT2D eigenvalue weighted by molar-refractivity contribution is 5.70. The molecule has 3 rings (SSSR count). The van der Waals surface area contributed by atoms with E-state index in [-0.39, 0.29) is 25.2 Å². The van der Waals surface area contributed by atoms with E-state index in [0.29, 0.717) is 26.7 Å². The van der Waals surface area contributed by atoms with Crippen LogP contribution in [0.4, 0.5) is 0 Å². The molecular formula is C15H19N3O9. The molecule has 0 aromatic carbocycles. The van der Waals surface area contributed by atoms with Gasteiger partial charge in [0.2, 0.25) is 0 Å². The van der Waals surface area contributed by atoms with E-state index in [4.69, 9.17) is 19.3 Å². The molecule has 2 heterocycles. The fourth-order valence-corrected chi connectivity index (χ4v) is 2.44. The summed E-state index contributed by atoms with van der Waals surface area (Å²) in [6.07, 6.45) is -0.124. The van der Waals surface area contributed by atoms with E-state index in [2.05, 4.69) is 0 Å². The molecule has 0 bridgehead atoms. The van der Waals surface area contributed by atoms with Gasteiger partial charge in [-0.15, -0.1) is 0 Å². The van der Waals surface area contributed by atoms with Crippen molar-refractivity contribution in [3.05, 3.63) is 31.5 Å². The first-order valence-electron chi connectivity index (χ1n) is 8.30. The lowest BCUT2D eigenvalue weighted by molar-refractivity contribution is -0.146. The van der Waals surface area contributed by atoms with Gasteiger partial charge in [0.1, 0.15) is 31.9 Å². The number of esters is 2. The van der Waals surface area contributed by atoms with Crippen LogP contribution in [0.5, 0.6) is 0 Å². The number of ether oxygens (including phenoxy) is 3. The number of nitrogens with zero attached hydrogens (tertiary/aromatic N) is 3. The molecule has 2 fully saturated rings. The summed E-state index contributed by atoms with van der Waals surface area (Å²) in [7, 11) is 1.12. The molecule has 27 heavy (non-hydrogen) atoms. The van der Waals surface area contributed by atoms with Gasteiger partial charge in [-0.2, -0.15) is 0 Å². The van der Waals surface area contributed by atoms with E-state index >= 15 is 0 Å². The first-order chi connectivity index (χ1) is 12.8. The van der Waals surface area contributed by atoms with Crippen LogP contribution in [0.3, 0.4) is 0 Å². The van der Waals surface area contributed by atoms with Crippen molar-refractivity contribution in [1.29, 1.82) is 0 Å². The SMILES string of the molecule is Cn1c(=O)n(CC(=O)OCC2CO2)c(=O)n(CC(=O)OC2CC2CO)c1=O. The molecule has 1 saturated carbocycles. The Kier molecular flexibility index (Phi) is 5.28. The minimum absolute atomic E-state index is 0.00722. The predicted molar refractivity (Wildman–Crippen MR) is 86.0 cm³/mol. The highest BCUT2D eigenvalue weighted by Gasteiger charge is 2.40. The van der Waals surface area contributed by atoms with Gasteiger partial charge in [-0.25, -0.2) is 28.1 Å². The molecule has 1 aliphatic heterocycles. The van der Waals surface area contributed by atoms with Crippen LogP contribution in [0.1, 0.15) is 6.42 Å². The molecule has 12 heteroatoms. The highest BCUT2D eigenvalue weighted by atomic mass is 16.6. The Hall–Kier alpha value is -2.73. The number of hydrogen-bond acceptors (Lipinski definition) is 9. The normalized spacial score (nSPS) is 23.0. The van der Waals surface area contributed by atoms with Gasteiger partial charge in [0.25, 0.3) is 0 Å². The molecule has 0 amide bonds. The summed E-state index contributed by atoms with van der Waals surface area (Å²) in [5.41, 5.74) is -3.13. The molecule has 148 valence electrons.